The lowest BCUT2D eigenvalue weighted by molar-refractivity contribution is -0.140. The predicted molar refractivity (Wildman–Crippen MR) is 102 cm³/mol. The Morgan fingerprint density at radius 1 is 0.923 bits per heavy atom. The Balaban J connectivity index is 1.69. The molecule has 1 saturated heterocycles. The van der Waals surface area contributed by atoms with Crippen LogP contribution in [0.5, 0.6) is 0 Å². The van der Waals surface area contributed by atoms with Crippen molar-refractivity contribution in [1.29, 1.82) is 0 Å². The molecule has 0 atom stereocenters. The zero-order valence-electron chi connectivity index (χ0n) is 15.6. The lowest BCUT2D eigenvalue weighted by Crippen LogP contribution is -2.53. The quantitative estimate of drug-likeness (QED) is 0.835. The molecule has 1 fully saturated rings. The summed E-state index contributed by atoms with van der Waals surface area (Å²) in [5, 5.41) is 0. The van der Waals surface area contributed by atoms with Crippen LogP contribution in [0.25, 0.3) is 11.3 Å². The van der Waals surface area contributed by atoms with Gasteiger partial charge >= 0.3 is 0 Å². The van der Waals surface area contributed by atoms with Crippen LogP contribution in [0.4, 0.5) is 0 Å². The van der Waals surface area contributed by atoms with Gasteiger partial charge in [0.2, 0.25) is 5.91 Å². The summed E-state index contributed by atoms with van der Waals surface area (Å²) in [7, 11) is 0. The van der Waals surface area contributed by atoms with Crippen LogP contribution in [-0.2, 0) is 4.79 Å². The van der Waals surface area contributed by atoms with E-state index in [-0.39, 0.29) is 17.2 Å². The first-order chi connectivity index (χ1) is 12.4. The van der Waals surface area contributed by atoms with Gasteiger partial charge in [0.15, 0.2) is 0 Å². The molecule has 1 aromatic heterocycles. The van der Waals surface area contributed by atoms with Crippen molar-refractivity contribution in [2.75, 3.05) is 26.2 Å². The van der Waals surface area contributed by atoms with E-state index in [4.69, 9.17) is 0 Å². The van der Waals surface area contributed by atoms with Crippen LogP contribution in [-0.4, -0.2) is 52.8 Å². The Bertz CT molecular complexity index is 788. The summed E-state index contributed by atoms with van der Waals surface area (Å²) in [4.78, 5) is 33.3. The summed E-state index contributed by atoms with van der Waals surface area (Å²) < 4.78 is 0. The van der Waals surface area contributed by atoms with Crippen LogP contribution in [0.1, 0.15) is 31.1 Å². The van der Waals surface area contributed by atoms with Crippen LogP contribution >= 0.6 is 0 Å². The average Bonchev–Trinajstić information content (AvgIpc) is 2.67. The zero-order chi connectivity index (χ0) is 18.7. The van der Waals surface area contributed by atoms with E-state index < -0.39 is 0 Å². The van der Waals surface area contributed by atoms with E-state index in [1.807, 2.05) is 73.0 Å². The van der Waals surface area contributed by atoms with Gasteiger partial charge in [-0.3, -0.25) is 14.6 Å². The number of carbonyl (C=O) groups is 2. The maximum absolute atomic E-state index is 12.9. The van der Waals surface area contributed by atoms with Crippen LogP contribution in [0, 0.1) is 5.41 Å². The van der Waals surface area contributed by atoms with E-state index >= 15 is 0 Å². The van der Waals surface area contributed by atoms with Gasteiger partial charge in [-0.1, -0.05) is 39.0 Å². The summed E-state index contributed by atoms with van der Waals surface area (Å²) in [6.45, 7) is 8.08. The molecule has 2 aromatic rings. The van der Waals surface area contributed by atoms with Gasteiger partial charge in [0.1, 0.15) is 0 Å². The van der Waals surface area contributed by atoms with E-state index in [0.29, 0.717) is 31.7 Å². The monoisotopic (exact) mass is 351 g/mol. The van der Waals surface area contributed by atoms with Crippen molar-refractivity contribution in [2.45, 2.75) is 20.8 Å². The van der Waals surface area contributed by atoms with E-state index in [1.54, 1.807) is 6.20 Å². The summed E-state index contributed by atoms with van der Waals surface area (Å²) in [6, 6.07) is 13.3. The van der Waals surface area contributed by atoms with Crippen LogP contribution < -0.4 is 0 Å². The van der Waals surface area contributed by atoms with Gasteiger partial charge in [-0.25, -0.2) is 0 Å². The molecule has 26 heavy (non-hydrogen) atoms. The SMILES string of the molecule is CC(C)(C)C(=O)N1CCN(C(=O)c2cccc(-c3ccccn3)c2)CC1. The van der Waals surface area contributed by atoms with Crippen molar-refractivity contribution < 1.29 is 9.59 Å². The number of piperazine rings is 1. The second-order valence-corrected chi connectivity index (χ2v) is 7.63. The number of pyridine rings is 1. The third kappa shape index (κ3) is 3.93. The van der Waals surface area contributed by atoms with Gasteiger partial charge in [0, 0.05) is 48.9 Å². The topological polar surface area (TPSA) is 53.5 Å². The van der Waals surface area contributed by atoms with Crippen LogP contribution in [0.2, 0.25) is 0 Å². The molecule has 0 N–H and O–H groups in total. The average molecular weight is 351 g/mol. The number of nitrogens with zero attached hydrogens (tertiary/aromatic N) is 3. The van der Waals surface area contributed by atoms with Gasteiger partial charge in [-0.05, 0) is 24.3 Å². The molecular formula is C21H25N3O2. The molecule has 0 bridgehead atoms. The molecule has 136 valence electrons. The number of aromatic nitrogens is 1. The fraction of sp³-hybridized carbons (Fsp3) is 0.381. The molecular weight excluding hydrogens is 326 g/mol. The van der Waals surface area contributed by atoms with Gasteiger partial charge in [0.05, 0.1) is 5.69 Å². The number of amides is 2. The van der Waals surface area contributed by atoms with Gasteiger partial charge in [-0.2, -0.15) is 0 Å². The molecule has 1 aliphatic rings. The molecule has 1 aromatic carbocycles. The fourth-order valence-corrected chi connectivity index (χ4v) is 3.11. The van der Waals surface area contributed by atoms with E-state index in [9.17, 15) is 9.59 Å². The molecule has 0 aliphatic carbocycles. The summed E-state index contributed by atoms with van der Waals surface area (Å²) in [5.74, 6) is 0.146. The first kappa shape index (κ1) is 18.1. The molecule has 2 heterocycles. The van der Waals surface area contributed by atoms with Crippen molar-refractivity contribution in [3.63, 3.8) is 0 Å². The lowest BCUT2D eigenvalue weighted by atomic mass is 9.94. The second kappa shape index (κ2) is 7.28. The smallest absolute Gasteiger partial charge is 0.253 e. The molecule has 0 radical (unpaired) electrons. The third-order valence-electron chi connectivity index (χ3n) is 4.57. The lowest BCUT2D eigenvalue weighted by Gasteiger charge is -2.37. The van der Waals surface area contributed by atoms with Crippen LogP contribution in [0.15, 0.2) is 48.7 Å². The first-order valence-electron chi connectivity index (χ1n) is 8.96. The Kier molecular flexibility index (Phi) is 5.07. The molecule has 2 amide bonds. The Hall–Kier alpha value is -2.69. The summed E-state index contributed by atoms with van der Waals surface area (Å²) in [6.07, 6.45) is 1.75. The molecule has 0 saturated carbocycles. The highest BCUT2D eigenvalue weighted by atomic mass is 16.2. The van der Waals surface area contributed by atoms with E-state index in [0.717, 1.165) is 11.3 Å². The van der Waals surface area contributed by atoms with Gasteiger partial charge in [0.25, 0.3) is 5.91 Å². The summed E-state index contributed by atoms with van der Waals surface area (Å²) >= 11 is 0. The Morgan fingerprint density at radius 2 is 1.62 bits per heavy atom. The van der Waals surface area contributed by atoms with Gasteiger partial charge in [-0.15, -0.1) is 0 Å². The minimum Gasteiger partial charge on any atom is -0.339 e. The second-order valence-electron chi connectivity index (χ2n) is 7.63. The van der Waals surface area contributed by atoms with Crippen molar-refractivity contribution in [3.8, 4) is 11.3 Å². The standard InChI is InChI=1S/C21H25N3O2/c1-21(2,3)20(26)24-13-11-23(12-14-24)19(25)17-8-6-7-16(15-17)18-9-4-5-10-22-18/h4-10,15H,11-14H2,1-3H3. The van der Waals surface area contributed by atoms with Crippen molar-refractivity contribution >= 4 is 11.8 Å². The number of hydrogen-bond donors (Lipinski definition) is 0. The number of hydrogen-bond acceptors (Lipinski definition) is 3. The maximum Gasteiger partial charge on any atom is 0.253 e. The number of rotatable bonds is 2. The third-order valence-corrected chi connectivity index (χ3v) is 4.57. The summed E-state index contributed by atoms with van der Waals surface area (Å²) in [5.41, 5.74) is 2.05. The molecule has 0 spiro atoms. The molecule has 0 unspecified atom stereocenters. The highest BCUT2D eigenvalue weighted by Gasteiger charge is 2.31. The first-order valence-corrected chi connectivity index (χ1v) is 8.96. The number of carbonyl (C=O) groups excluding carboxylic acids is 2. The predicted octanol–water partition coefficient (Wildman–Crippen LogP) is 3.08. The maximum atomic E-state index is 12.9. The number of benzene rings is 1. The zero-order valence-corrected chi connectivity index (χ0v) is 15.6. The molecule has 5 nitrogen and oxygen atoms in total. The Morgan fingerprint density at radius 3 is 2.23 bits per heavy atom. The molecule has 1 aliphatic heterocycles. The highest BCUT2D eigenvalue weighted by Crippen LogP contribution is 2.21. The minimum atomic E-state index is -0.386. The largest absolute Gasteiger partial charge is 0.339 e. The minimum absolute atomic E-state index is 0.00522. The fourth-order valence-electron chi connectivity index (χ4n) is 3.11. The van der Waals surface area contributed by atoms with Crippen molar-refractivity contribution in [3.05, 3.63) is 54.2 Å². The van der Waals surface area contributed by atoms with E-state index in [1.165, 1.54) is 0 Å². The normalized spacial score (nSPS) is 15.0. The van der Waals surface area contributed by atoms with E-state index in [2.05, 4.69) is 4.98 Å². The highest BCUT2D eigenvalue weighted by molar-refractivity contribution is 5.95. The Labute approximate surface area is 154 Å². The van der Waals surface area contributed by atoms with Gasteiger partial charge < -0.3 is 9.80 Å². The van der Waals surface area contributed by atoms with Crippen molar-refractivity contribution in [1.82, 2.24) is 14.8 Å². The van der Waals surface area contributed by atoms with Crippen LogP contribution in [0.3, 0.4) is 0 Å². The molecule has 3 rings (SSSR count). The molecule has 5 heteroatoms. The van der Waals surface area contributed by atoms with Crippen molar-refractivity contribution in [2.24, 2.45) is 5.41 Å².